The molecule has 0 atom stereocenters. The fourth-order valence-electron chi connectivity index (χ4n) is 3.87. The minimum Gasteiger partial charge on any atom is -0.337 e. The average Bonchev–Trinajstić information content (AvgIpc) is 3.06. The lowest BCUT2D eigenvalue weighted by Crippen LogP contribution is -2.38. The van der Waals surface area contributed by atoms with Gasteiger partial charge in [-0.05, 0) is 42.9 Å². The Labute approximate surface area is 163 Å². The summed E-state index contributed by atoms with van der Waals surface area (Å²) >= 11 is 0. The van der Waals surface area contributed by atoms with Crippen molar-refractivity contribution in [3.63, 3.8) is 0 Å². The maximum atomic E-state index is 13.1. The second-order valence-corrected chi connectivity index (χ2v) is 7.82. The zero-order valence-electron chi connectivity index (χ0n) is 16.1. The third-order valence-electron chi connectivity index (χ3n) is 5.66. The Morgan fingerprint density at radius 1 is 1.14 bits per heavy atom. The van der Waals surface area contributed by atoms with Crippen LogP contribution in [0.5, 0.6) is 0 Å². The van der Waals surface area contributed by atoms with Crippen LogP contribution in [0.4, 0.5) is 4.39 Å². The van der Waals surface area contributed by atoms with Crippen molar-refractivity contribution >= 4 is 11.8 Å². The Morgan fingerprint density at radius 3 is 2.57 bits per heavy atom. The fourth-order valence-corrected chi connectivity index (χ4v) is 3.87. The highest BCUT2D eigenvalue weighted by Gasteiger charge is 2.29. The van der Waals surface area contributed by atoms with Crippen LogP contribution in [0.25, 0.3) is 0 Å². The van der Waals surface area contributed by atoms with Crippen molar-refractivity contribution in [3.05, 3.63) is 53.1 Å². The molecular weight excluding hydrogens is 359 g/mol. The first-order chi connectivity index (χ1) is 13.5. The molecular formula is C21H25FN4O2. The van der Waals surface area contributed by atoms with Gasteiger partial charge >= 0.3 is 0 Å². The number of amides is 2. The summed E-state index contributed by atoms with van der Waals surface area (Å²) in [4.78, 5) is 29.4. The fraction of sp³-hybridized carbons (Fsp3) is 0.476. The average molecular weight is 384 g/mol. The van der Waals surface area contributed by atoms with Crippen LogP contribution in [0.15, 0.2) is 30.3 Å². The summed E-state index contributed by atoms with van der Waals surface area (Å²) in [5, 5.41) is 4.44. The van der Waals surface area contributed by atoms with Gasteiger partial charge in [-0.15, -0.1) is 0 Å². The maximum absolute atomic E-state index is 13.1. The summed E-state index contributed by atoms with van der Waals surface area (Å²) in [5.41, 5.74) is 1.68. The molecule has 0 aliphatic carbocycles. The van der Waals surface area contributed by atoms with Crippen molar-refractivity contribution in [1.82, 2.24) is 19.6 Å². The topological polar surface area (TPSA) is 58.4 Å². The largest absolute Gasteiger partial charge is 0.337 e. The van der Waals surface area contributed by atoms with E-state index in [4.69, 9.17) is 0 Å². The van der Waals surface area contributed by atoms with E-state index in [2.05, 4.69) is 12.0 Å². The molecule has 7 heteroatoms. The Hall–Kier alpha value is -2.70. The van der Waals surface area contributed by atoms with E-state index in [0.29, 0.717) is 36.9 Å². The number of rotatable bonds is 3. The highest BCUT2D eigenvalue weighted by Crippen LogP contribution is 2.20. The molecule has 1 fully saturated rings. The monoisotopic (exact) mass is 384 g/mol. The molecule has 6 nitrogen and oxygen atoms in total. The summed E-state index contributed by atoms with van der Waals surface area (Å²) in [5.74, 6) is 0.120. The van der Waals surface area contributed by atoms with Gasteiger partial charge in [0.1, 0.15) is 11.5 Å². The van der Waals surface area contributed by atoms with Gasteiger partial charge in [0.2, 0.25) is 0 Å². The molecule has 28 heavy (non-hydrogen) atoms. The van der Waals surface area contributed by atoms with Crippen LogP contribution >= 0.6 is 0 Å². The second-order valence-electron chi connectivity index (χ2n) is 7.82. The van der Waals surface area contributed by atoms with Gasteiger partial charge in [-0.25, -0.2) is 4.39 Å². The number of nitrogens with zero attached hydrogens (tertiary/aromatic N) is 4. The zero-order valence-corrected chi connectivity index (χ0v) is 16.1. The number of halogens is 1. The summed E-state index contributed by atoms with van der Waals surface area (Å²) in [6.45, 7) is 5.31. The zero-order chi connectivity index (χ0) is 19.7. The Bertz CT molecular complexity index is 869. The third kappa shape index (κ3) is 3.79. The minimum atomic E-state index is -0.292. The van der Waals surface area contributed by atoms with Crippen molar-refractivity contribution in [2.45, 2.75) is 39.3 Å². The van der Waals surface area contributed by atoms with E-state index in [9.17, 15) is 14.0 Å². The molecule has 2 aliphatic rings. The maximum Gasteiger partial charge on any atom is 0.274 e. The number of carbonyl (C=O) groups excluding carboxylic acids is 2. The summed E-state index contributed by atoms with van der Waals surface area (Å²) in [7, 11) is 0. The van der Waals surface area contributed by atoms with Crippen LogP contribution in [0.2, 0.25) is 0 Å². The predicted octanol–water partition coefficient (Wildman–Crippen LogP) is 2.94. The number of piperidine rings is 1. The molecule has 0 spiro atoms. The van der Waals surface area contributed by atoms with Crippen LogP contribution in [-0.4, -0.2) is 51.0 Å². The van der Waals surface area contributed by atoms with Crippen LogP contribution in [0, 0.1) is 11.7 Å². The molecule has 1 aromatic carbocycles. The van der Waals surface area contributed by atoms with Crippen molar-refractivity contribution in [2.24, 2.45) is 5.92 Å². The number of likely N-dealkylation sites (tertiary alicyclic amines) is 1. The van der Waals surface area contributed by atoms with Crippen molar-refractivity contribution < 1.29 is 14.0 Å². The highest BCUT2D eigenvalue weighted by molar-refractivity contribution is 5.98. The van der Waals surface area contributed by atoms with Gasteiger partial charge in [0, 0.05) is 38.8 Å². The van der Waals surface area contributed by atoms with Gasteiger partial charge in [-0.2, -0.15) is 5.10 Å². The van der Waals surface area contributed by atoms with Gasteiger partial charge in [0.15, 0.2) is 5.69 Å². The lowest BCUT2D eigenvalue weighted by molar-refractivity contribution is 0.0690. The van der Waals surface area contributed by atoms with E-state index >= 15 is 0 Å². The van der Waals surface area contributed by atoms with Gasteiger partial charge in [0.25, 0.3) is 11.8 Å². The predicted molar refractivity (Wildman–Crippen MR) is 102 cm³/mol. The van der Waals surface area contributed by atoms with Crippen LogP contribution < -0.4 is 0 Å². The van der Waals surface area contributed by atoms with E-state index < -0.39 is 0 Å². The Balaban J connectivity index is 1.51. The number of aromatic nitrogens is 2. The van der Waals surface area contributed by atoms with E-state index in [1.807, 2.05) is 4.90 Å². The molecule has 2 aliphatic heterocycles. The smallest absolute Gasteiger partial charge is 0.274 e. The Kier molecular flexibility index (Phi) is 5.15. The lowest BCUT2D eigenvalue weighted by atomic mass is 9.99. The number of carbonyl (C=O) groups is 2. The number of aryl methyl sites for hydroxylation is 1. The van der Waals surface area contributed by atoms with E-state index in [-0.39, 0.29) is 17.6 Å². The van der Waals surface area contributed by atoms with Gasteiger partial charge in [-0.1, -0.05) is 19.1 Å². The first-order valence-corrected chi connectivity index (χ1v) is 9.92. The molecule has 148 valence electrons. The second kappa shape index (κ2) is 7.73. The van der Waals surface area contributed by atoms with Gasteiger partial charge < -0.3 is 9.80 Å². The molecule has 3 heterocycles. The molecule has 1 saturated heterocycles. The first-order valence-electron chi connectivity index (χ1n) is 9.92. The minimum absolute atomic E-state index is 0.0923. The molecule has 0 bridgehead atoms. The van der Waals surface area contributed by atoms with Crippen LogP contribution in [-0.2, 0) is 13.1 Å². The van der Waals surface area contributed by atoms with Crippen LogP contribution in [0.3, 0.4) is 0 Å². The molecule has 2 aromatic rings. The number of hydrogen-bond acceptors (Lipinski definition) is 3. The first kappa shape index (κ1) is 18.7. The summed E-state index contributed by atoms with van der Waals surface area (Å²) < 4.78 is 14.8. The molecule has 1 aromatic heterocycles. The summed E-state index contributed by atoms with van der Waals surface area (Å²) in [6, 6.07) is 7.82. The van der Waals surface area contributed by atoms with Gasteiger partial charge in [-0.3, -0.25) is 14.3 Å². The standard InChI is InChI=1S/C21H25FN4O2/c1-15-7-11-24(12-8-15)20(27)18-13-19-21(28)25(9-2-10-26(19)23-18)14-16-3-5-17(22)6-4-16/h3-6,13,15H,2,7-12,14H2,1H3. The van der Waals surface area contributed by atoms with Crippen molar-refractivity contribution in [1.29, 1.82) is 0 Å². The van der Waals surface area contributed by atoms with Crippen molar-refractivity contribution in [3.8, 4) is 0 Å². The van der Waals surface area contributed by atoms with Crippen LogP contribution in [0.1, 0.15) is 52.7 Å². The van der Waals surface area contributed by atoms with E-state index in [1.165, 1.54) is 12.1 Å². The lowest BCUT2D eigenvalue weighted by Gasteiger charge is -2.29. The third-order valence-corrected chi connectivity index (χ3v) is 5.66. The van der Waals surface area contributed by atoms with Crippen molar-refractivity contribution in [2.75, 3.05) is 19.6 Å². The Morgan fingerprint density at radius 2 is 1.86 bits per heavy atom. The number of benzene rings is 1. The molecule has 0 unspecified atom stereocenters. The quantitative estimate of drug-likeness (QED) is 0.818. The van der Waals surface area contributed by atoms with E-state index in [0.717, 1.165) is 37.9 Å². The normalized spacial score (nSPS) is 18.1. The molecule has 0 saturated carbocycles. The highest BCUT2D eigenvalue weighted by atomic mass is 19.1. The van der Waals surface area contributed by atoms with Gasteiger partial charge in [0.05, 0.1) is 0 Å². The summed E-state index contributed by atoms with van der Waals surface area (Å²) in [6.07, 6.45) is 2.77. The number of fused-ring (bicyclic) bond motifs is 1. The molecule has 2 amide bonds. The molecule has 4 rings (SSSR count). The number of hydrogen-bond donors (Lipinski definition) is 0. The molecule has 0 N–H and O–H groups in total. The SMILES string of the molecule is CC1CCN(C(=O)c2cc3n(n2)CCCN(Cc2ccc(F)cc2)C3=O)CC1. The molecule has 0 radical (unpaired) electrons. The van der Waals surface area contributed by atoms with E-state index in [1.54, 1.807) is 27.8 Å².